The van der Waals surface area contributed by atoms with Crippen molar-refractivity contribution in [2.45, 2.75) is 26.2 Å². The number of hydrogen-bond donors (Lipinski definition) is 1. The molecule has 0 spiro atoms. The first-order valence-electron chi connectivity index (χ1n) is 4.35. The van der Waals surface area contributed by atoms with Crippen molar-refractivity contribution >= 4 is 5.82 Å². The lowest BCUT2D eigenvalue weighted by Gasteiger charge is -2.09. The maximum atomic E-state index is 8.82. The zero-order valence-electron chi connectivity index (χ0n) is 7.91. The van der Waals surface area contributed by atoms with Gasteiger partial charge in [-0.3, -0.25) is 0 Å². The number of nitrogens with two attached hydrogens (primary N) is 1. The monoisotopic (exact) mass is 175 g/mol. The van der Waals surface area contributed by atoms with Crippen molar-refractivity contribution in [1.29, 1.82) is 5.26 Å². The van der Waals surface area contributed by atoms with Crippen molar-refractivity contribution in [1.82, 2.24) is 4.98 Å². The zero-order chi connectivity index (χ0) is 9.84. The second kappa shape index (κ2) is 3.90. The summed E-state index contributed by atoms with van der Waals surface area (Å²) in [4.78, 5) is 4.17. The lowest BCUT2D eigenvalue weighted by Crippen LogP contribution is -2.02. The normalized spacial score (nSPS) is 12.1. The Bertz CT molecular complexity index is 339. The molecular weight excluding hydrogens is 162 g/mol. The molecule has 0 fully saturated rings. The highest BCUT2D eigenvalue weighted by Crippen LogP contribution is 2.20. The third-order valence-electron chi connectivity index (χ3n) is 2.15. The maximum absolute atomic E-state index is 8.82. The highest BCUT2D eigenvalue weighted by atomic mass is 14.8. The van der Waals surface area contributed by atoms with E-state index in [0.717, 1.165) is 12.1 Å². The Morgan fingerprint density at radius 1 is 1.62 bits per heavy atom. The summed E-state index contributed by atoms with van der Waals surface area (Å²) in [7, 11) is 0. The highest BCUT2D eigenvalue weighted by Gasteiger charge is 2.10. The fraction of sp³-hybridized carbons (Fsp3) is 0.400. The molecule has 1 unspecified atom stereocenters. The van der Waals surface area contributed by atoms with Gasteiger partial charge in [0.2, 0.25) is 0 Å². The molecule has 0 aliphatic rings. The van der Waals surface area contributed by atoms with Gasteiger partial charge in [-0.05, 0) is 24.5 Å². The molecular formula is C10H13N3. The van der Waals surface area contributed by atoms with Crippen LogP contribution in [0.3, 0.4) is 0 Å². The van der Waals surface area contributed by atoms with Crippen LogP contribution in [0.2, 0.25) is 0 Å². The Labute approximate surface area is 78.2 Å². The smallest absolute Gasteiger partial charge is 0.123 e. The van der Waals surface area contributed by atoms with E-state index in [4.69, 9.17) is 11.0 Å². The average Bonchev–Trinajstić information content (AvgIpc) is 2.16. The van der Waals surface area contributed by atoms with E-state index in [1.54, 1.807) is 12.1 Å². The molecule has 0 amide bonds. The minimum atomic E-state index is 0.290. The molecule has 0 aliphatic carbocycles. The van der Waals surface area contributed by atoms with Crippen molar-refractivity contribution in [2.24, 2.45) is 0 Å². The van der Waals surface area contributed by atoms with Gasteiger partial charge in [-0.2, -0.15) is 5.26 Å². The van der Waals surface area contributed by atoms with E-state index in [2.05, 4.69) is 18.0 Å². The minimum absolute atomic E-state index is 0.290. The van der Waals surface area contributed by atoms with Crippen molar-refractivity contribution in [3.63, 3.8) is 0 Å². The molecule has 0 saturated heterocycles. The molecule has 1 aromatic rings. The van der Waals surface area contributed by atoms with Gasteiger partial charge in [0.1, 0.15) is 11.9 Å². The molecule has 0 bridgehead atoms. The van der Waals surface area contributed by atoms with E-state index in [-0.39, 0.29) is 5.92 Å². The summed E-state index contributed by atoms with van der Waals surface area (Å²) in [5.74, 6) is 0.771. The Kier molecular flexibility index (Phi) is 2.86. The molecule has 0 radical (unpaired) electrons. The first kappa shape index (κ1) is 9.53. The van der Waals surface area contributed by atoms with E-state index in [1.807, 2.05) is 6.92 Å². The van der Waals surface area contributed by atoms with Gasteiger partial charge in [-0.15, -0.1) is 0 Å². The minimum Gasteiger partial charge on any atom is -0.384 e. The Hall–Kier alpha value is -1.56. The summed E-state index contributed by atoms with van der Waals surface area (Å²) in [5, 5.41) is 8.82. The third-order valence-corrected chi connectivity index (χ3v) is 2.15. The summed E-state index contributed by atoms with van der Waals surface area (Å²) < 4.78 is 0. The van der Waals surface area contributed by atoms with Gasteiger partial charge in [-0.1, -0.05) is 13.8 Å². The van der Waals surface area contributed by atoms with Crippen molar-refractivity contribution in [2.75, 3.05) is 5.73 Å². The van der Waals surface area contributed by atoms with Gasteiger partial charge >= 0.3 is 0 Å². The van der Waals surface area contributed by atoms with Gasteiger partial charge in [0.15, 0.2) is 0 Å². The van der Waals surface area contributed by atoms with Crippen LogP contribution in [0.25, 0.3) is 0 Å². The number of pyridine rings is 1. The van der Waals surface area contributed by atoms with Crippen molar-refractivity contribution in [3.05, 3.63) is 23.4 Å². The molecule has 3 nitrogen and oxygen atoms in total. The first-order valence-corrected chi connectivity index (χ1v) is 4.35. The molecule has 0 aromatic carbocycles. The number of nitrogens with zero attached hydrogens (tertiary/aromatic N) is 2. The van der Waals surface area contributed by atoms with E-state index in [9.17, 15) is 0 Å². The molecule has 0 saturated carbocycles. The van der Waals surface area contributed by atoms with Crippen LogP contribution < -0.4 is 5.73 Å². The molecule has 68 valence electrons. The van der Waals surface area contributed by atoms with Gasteiger partial charge < -0.3 is 5.73 Å². The third kappa shape index (κ3) is 1.97. The van der Waals surface area contributed by atoms with Crippen LogP contribution in [0.5, 0.6) is 0 Å². The fourth-order valence-electron chi connectivity index (χ4n) is 1.15. The quantitative estimate of drug-likeness (QED) is 0.748. The van der Waals surface area contributed by atoms with Crippen molar-refractivity contribution in [3.8, 4) is 6.07 Å². The van der Waals surface area contributed by atoms with Crippen LogP contribution in [0, 0.1) is 11.3 Å². The Morgan fingerprint density at radius 2 is 2.31 bits per heavy atom. The molecule has 1 rings (SSSR count). The van der Waals surface area contributed by atoms with Gasteiger partial charge in [0, 0.05) is 0 Å². The average molecular weight is 175 g/mol. The SMILES string of the molecule is CCC(C)c1nc(N)ccc1C#N. The van der Waals surface area contributed by atoms with E-state index in [1.165, 1.54) is 0 Å². The molecule has 13 heavy (non-hydrogen) atoms. The Morgan fingerprint density at radius 3 is 2.85 bits per heavy atom. The predicted octanol–water partition coefficient (Wildman–Crippen LogP) is 2.05. The van der Waals surface area contributed by atoms with Gasteiger partial charge in [0.25, 0.3) is 0 Å². The van der Waals surface area contributed by atoms with Crippen LogP contribution >= 0.6 is 0 Å². The number of rotatable bonds is 2. The van der Waals surface area contributed by atoms with E-state index in [0.29, 0.717) is 11.4 Å². The molecule has 0 aliphatic heterocycles. The van der Waals surface area contributed by atoms with Crippen molar-refractivity contribution < 1.29 is 0 Å². The van der Waals surface area contributed by atoms with Gasteiger partial charge in [0.05, 0.1) is 11.3 Å². The van der Waals surface area contributed by atoms with Crippen LogP contribution in [0.1, 0.15) is 37.4 Å². The van der Waals surface area contributed by atoms with E-state index >= 15 is 0 Å². The van der Waals surface area contributed by atoms with E-state index < -0.39 is 0 Å². The van der Waals surface area contributed by atoms with Crippen LogP contribution in [0.4, 0.5) is 5.82 Å². The second-order valence-corrected chi connectivity index (χ2v) is 3.09. The standard InChI is InChI=1S/C10H13N3/c1-3-7(2)10-8(6-11)4-5-9(12)13-10/h4-5,7H,3H2,1-2H3,(H2,12,13). The predicted molar refractivity (Wildman–Crippen MR) is 52.1 cm³/mol. The maximum Gasteiger partial charge on any atom is 0.123 e. The summed E-state index contributed by atoms with van der Waals surface area (Å²) >= 11 is 0. The number of aromatic nitrogens is 1. The first-order chi connectivity index (χ1) is 6.19. The summed E-state index contributed by atoms with van der Waals surface area (Å²) in [5.41, 5.74) is 6.99. The van der Waals surface area contributed by atoms with Crippen LogP contribution in [-0.2, 0) is 0 Å². The lowest BCUT2D eigenvalue weighted by atomic mass is 10.00. The molecule has 3 heteroatoms. The molecule has 2 N–H and O–H groups in total. The molecule has 1 heterocycles. The summed E-state index contributed by atoms with van der Waals surface area (Å²) in [6.45, 7) is 4.11. The molecule has 1 atom stereocenters. The summed E-state index contributed by atoms with van der Waals surface area (Å²) in [6, 6.07) is 5.50. The number of hydrogen-bond acceptors (Lipinski definition) is 3. The topological polar surface area (TPSA) is 62.7 Å². The number of nitriles is 1. The Balaban J connectivity index is 3.17. The second-order valence-electron chi connectivity index (χ2n) is 3.09. The fourth-order valence-corrected chi connectivity index (χ4v) is 1.15. The number of anilines is 1. The van der Waals surface area contributed by atoms with Crippen LogP contribution in [0.15, 0.2) is 12.1 Å². The summed E-state index contributed by atoms with van der Waals surface area (Å²) in [6.07, 6.45) is 0.963. The molecule has 1 aromatic heterocycles. The zero-order valence-corrected chi connectivity index (χ0v) is 7.91. The largest absolute Gasteiger partial charge is 0.384 e. The highest BCUT2D eigenvalue weighted by molar-refractivity contribution is 5.41. The number of nitrogen functional groups attached to an aromatic ring is 1. The van der Waals surface area contributed by atoms with Gasteiger partial charge in [-0.25, -0.2) is 4.98 Å². The lowest BCUT2D eigenvalue weighted by molar-refractivity contribution is 0.707. The van der Waals surface area contributed by atoms with Crippen LogP contribution in [-0.4, -0.2) is 4.98 Å².